The highest BCUT2D eigenvalue weighted by atomic mass is 16.5. The summed E-state index contributed by atoms with van der Waals surface area (Å²) in [5.74, 6) is -1.07. The van der Waals surface area contributed by atoms with E-state index >= 15 is 0 Å². The molecule has 1 aromatic rings. The minimum Gasteiger partial charge on any atom is -0.481 e. The van der Waals surface area contributed by atoms with Gasteiger partial charge in [-0.1, -0.05) is 29.8 Å². The Balaban J connectivity index is 2.13. The molecule has 1 unspecified atom stereocenters. The number of amides is 1. The molecule has 1 fully saturated rings. The number of carbonyl (C=O) groups excluding carboxylic acids is 1. The first-order valence-corrected chi connectivity index (χ1v) is 6.21. The van der Waals surface area contributed by atoms with Crippen molar-refractivity contribution < 1.29 is 19.4 Å². The Kier molecular flexibility index (Phi) is 4.16. The first-order valence-electron chi connectivity index (χ1n) is 6.21. The fourth-order valence-corrected chi connectivity index (χ4v) is 2.25. The molecule has 5 nitrogen and oxygen atoms in total. The Hall–Kier alpha value is -1.88. The highest BCUT2D eigenvalue weighted by Gasteiger charge is 2.30. The molecule has 0 saturated carbocycles. The SMILES string of the molecule is Cc1cccc(CN2C(=O)COCC2CC(=O)O)c1. The molecule has 1 aliphatic heterocycles. The summed E-state index contributed by atoms with van der Waals surface area (Å²) < 4.78 is 5.13. The van der Waals surface area contributed by atoms with Gasteiger partial charge in [-0.3, -0.25) is 9.59 Å². The molecule has 0 spiro atoms. The number of hydrogen-bond donors (Lipinski definition) is 1. The van der Waals surface area contributed by atoms with Gasteiger partial charge in [0.2, 0.25) is 5.91 Å². The Morgan fingerprint density at radius 3 is 3.00 bits per heavy atom. The van der Waals surface area contributed by atoms with Gasteiger partial charge in [0.25, 0.3) is 0 Å². The molecule has 19 heavy (non-hydrogen) atoms. The van der Waals surface area contributed by atoms with Gasteiger partial charge in [-0.15, -0.1) is 0 Å². The molecule has 0 aromatic heterocycles. The lowest BCUT2D eigenvalue weighted by atomic mass is 10.1. The molecule has 2 rings (SSSR count). The van der Waals surface area contributed by atoms with E-state index in [2.05, 4.69) is 0 Å². The molecule has 1 saturated heterocycles. The normalized spacial score (nSPS) is 19.5. The topological polar surface area (TPSA) is 66.8 Å². The van der Waals surface area contributed by atoms with Gasteiger partial charge in [0.15, 0.2) is 0 Å². The molecule has 1 heterocycles. The Morgan fingerprint density at radius 1 is 1.53 bits per heavy atom. The zero-order valence-corrected chi connectivity index (χ0v) is 10.8. The fourth-order valence-electron chi connectivity index (χ4n) is 2.25. The lowest BCUT2D eigenvalue weighted by Gasteiger charge is -2.34. The van der Waals surface area contributed by atoms with Gasteiger partial charge < -0.3 is 14.7 Å². The number of benzene rings is 1. The molecule has 1 amide bonds. The number of nitrogens with zero attached hydrogens (tertiary/aromatic N) is 1. The molecule has 0 aliphatic carbocycles. The third-order valence-corrected chi connectivity index (χ3v) is 3.14. The maximum absolute atomic E-state index is 11.9. The van der Waals surface area contributed by atoms with E-state index in [1.807, 2.05) is 31.2 Å². The summed E-state index contributed by atoms with van der Waals surface area (Å²) in [6.45, 7) is 2.73. The van der Waals surface area contributed by atoms with Crippen LogP contribution in [0.5, 0.6) is 0 Å². The predicted octanol–water partition coefficient (Wildman–Crippen LogP) is 1.20. The summed E-state index contributed by atoms with van der Waals surface area (Å²) in [6.07, 6.45) is -0.0858. The van der Waals surface area contributed by atoms with E-state index in [0.717, 1.165) is 11.1 Å². The number of rotatable bonds is 4. The van der Waals surface area contributed by atoms with Crippen molar-refractivity contribution in [2.24, 2.45) is 0 Å². The van der Waals surface area contributed by atoms with Crippen LogP contribution in [0, 0.1) is 6.92 Å². The summed E-state index contributed by atoms with van der Waals surface area (Å²) in [6, 6.07) is 7.47. The summed E-state index contributed by atoms with van der Waals surface area (Å²) >= 11 is 0. The van der Waals surface area contributed by atoms with Crippen molar-refractivity contribution in [1.82, 2.24) is 4.90 Å². The maximum atomic E-state index is 11.9. The molecule has 5 heteroatoms. The third-order valence-electron chi connectivity index (χ3n) is 3.14. The molecule has 1 aromatic carbocycles. The summed E-state index contributed by atoms with van der Waals surface area (Å²) in [5, 5.41) is 8.89. The predicted molar refractivity (Wildman–Crippen MR) is 68.6 cm³/mol. The number of carboxylic acids is 1. The van der Waals surface area contributed by atoms with E-state index in [4.69, 9.17) is 9.84 Å². The van der Waals surface area contributed by atoms with Crippen LogP contribution in [-0.2, 0) is 20.9 Å². The molecular weight excluding hydrogens is 246 g/mol. The second-order valence-corrected chi connectivity index (χ2v) is 4.78. The second kappa shape index (κ2) is 5.84. The van der Waals surface area contributed by atoms with Crippen molar-refractivity contribution in [3.8, 4) is 0 Å². The number of hydrogen-bond acceptors (Lipinski definition) is 3. The molecule has 0 bridgehead atoms. The molecule has 102 valence electrons. The summed E-state index contributed by atoms with van der Waals surface area (Å²) in [4.78, 5) is 24.3. The van der Waals surface area contributed by atoms with Gasteiger partial charge in [-0.25, -0.2) is 0 Å². The number of ether oxygens (including phenoxy) is 1. The van der Waals surface area contributed by atoms with Crippen LogP contribution < -0.4 is 0 Å². The average molecular weight is 263 g/mol. The number of aryl methyl sites for hydroxylation is 1. The van der Waals surface area contributed by atoms with E-state index in [1.54, 1.807) is 4.90 Å². The zero-order valence-electron chi connectivity index (χ0n) is 10.8. The number of carbonyl (C=O) groups is 2. The van der Waals surface area contributed by atoms with Crippen LogP contribution in [0.15, 0.2) is 24.3 Å². The van der Waals surface area contributed by atoms with E-state index in [-0.39, 0.29) is 31.6 Å². The monoisotopic (exact) mass is 263 g/mol. The first-order chi connectivity index (χ1) is 9.06. The van der Waals surface area contributed by atoms with Gasteiger partial charge in [0.1, 0.15) is 6.61 Å². The van der Waals surface area contributed by atoms with Crippen molar-refractivity contribution in [2.45, 2.75) is 25.9 Å². The number of aliphatic carboxylic acids is 1. The summed E-state index contributed by atoms with van der Waals surface area (Å²) in [5.41, 5.74) is 2.12. The first kappa shape index (κ1) is 13.5. The Labute approximate surface area is 111 Å². The Morgan fingerprint density at radius 2 is 2.32 bits per heavy atom. The zero-order chi connectivity index (χ0) is 13.8. The third kappa shape index (κ3) is 3.54. The minimum absolute atomic E-state index is 0.0297. The van der Waals surface area contributed by atoms with Crippen LogP contribution in [0.4, 0.5) is 0 Å². The van der Waals surface area contributed by atoms with Crippen molar-refractivity contribution in [1.29, 1.82) is 0 Å². The van der Waals surface area contributed by atoms with Gasteiger partial charge in [0, 0.05) is 6.54 Å². The minimum atomic E-state index is -0.919. The van der Waals surface area contributed by atoms with Crippen molar-refractivity contribution in [3.63, 3.8) is 0 Å². The lowest BCUT2D eigenvalue weighted by molar-refractivity contribution is -0.152. The smallest absolute Gasteiger partial charge is 0.305 e. The molecule has 0 radical (unpaired) electrons. The molecule has 1 aliphatic rings. The fraction of sp³-hybridized carbons (Fsp3) is 0.429. The quantitative estimate of drug-likeness (QED) is 0.886. The van der Waals surface area contributed by atoms with Crippen LogP contribution in [0.3, 0.4) is 0 Å². The van der Waals surface area contributed by atoms with E-state index in [0.29, 0.717) is 6.54 Å². The van der Waals surface area contributed by atoms with Crippen LogP contribution in [0.1, 0.15) is 17.5 Å². The highest BCUT2D eigenvalue weighted by Crippen LogP contribution is 2.16. The largest absolute Gasteiger partial charge is 0.481 e. The second-order valence-electron chi connectivity index (χ2n) is 4.78. The molecule has 1 N–H and O–H groups in total. The van der Waals surface area contributed by atoms with Crippen LogP contribution in [0.25, 0.3) is 0 Å². The van der Waals surface area contributed by atoms with Crippen LogP contribution in [-0.4, -0.2) is 41.1 Å². The molecular formula is C14H17NO4. The van der Waals surface area contributed by atoms with Crippen molar-refractivity contribution in [2.75, 3.05) is 13.2 Å². The maximum Gasteiger partial charge on any atom is 0.305 e. The average Bonchev–Trinajstić information content (AvgIpc) is 2.33. The summed E-state index contributed by atoms with van der Waals surface area (Å²) in [7, 11) is 0. The van der Waals surface area contributed by atoms with Gasteiger partial charge in [-0.05, 0) is 12.5 Å². The molecule has 1 atom stereocenters. The highest BCUT2D eigenvalue weighted by molar-refractivity contribution is 5.79. The number of morpholine rings is 1. The van der Waals surface area contributed by atoms with Gasteiger partial charge in [0.05, 0.1) is 19.1 Å². The van der Waals surface area contributed by atoms with E-state index in [1.165, 1.54) is 0 Å². The van der Waals surface area contributed by atoms with Crippen molar-refractivity contribution >= 4 is 11.9 Å². The standard InChI is InChI=1S/C14H17NO4/c1-10-3-2-4-11(5-10)7-15-12(6-14(17)18)8-19-9-13(15)16/h2-5,12H,6-9H2,1H3,(H,17,18). The Bertz CT molecular complexity index is 486. The van der Waals surface area contributed by atoms with Crippen molar-refractivity contribution in [3.05, 3.63) is 35.4 Å². The van der Waals surface area contributed by atoms with Crippen LogP contribution >= 0.6 is 0 Å². The lowest BCUT2D eigenvalue weighted by Crippen LogP contribution is -2.49. The van der Waals surface area contributed by atoms with Gasteiger partial charge in [-0.2, -0.15) is 0 Å². The van der Waals surface area contributed by atoms with E-state index < -0.39 is 5.97 Å². The van der Waals surface area contributed by atoms with Gasteiger partial charge >= 0.3 is 5.97 Å². The number of carboxylic acid groups (broad SMARTS) is 1. The van der Waals surface area contributed by atoms with Crippen LogP contribution in [0.2, 0.25) is 0 Å². The van der Waals surface area contributed by atoms with E-state index in [9.17, 15) is 9.59 Å².